The summed E-state index contributed by atoms with van der Waals surface area (Å²) in [6.07, 6.45) is 3.76. The molecule has 32 heavy (non-hydrogen) atoms. The first kappa shape index (κ1) is 23.3. The van der Waals surface area contributed by atoms with Gasteiger partial charge in [0.2, 0.25) is 0 Å². The second kappa shape index (κ2) is 7.88. The summed E-state index contributed by atoms with van der Waals surface area (Å²) in [4.78, 5) is 13.3. The molecule has 0 radical (unpaired) electrons. The number of aliphatic hydroxyl groups excluding tert-OH is 1. The molecule has 5 nitrogen and oxygen atoms in total. The number of ketones is 1. The van der Waals surface area contributed by atoms with Crippen LogP contribution < -0.4 is 4.74 Å². The van der Waals surface area contributed by atoms with E-state index in [1.165, 1.54) is 0 Å². The summed E-state index contributed by atoms with van der Waals surface area (Å²) in [5.74, 6) is 1.24. The average Bonchev–Trinajstić information content (AvgIpc) is 2.78. The molecule has 5 heteroatoms. The van der Waals surface area contributed by atoms with Gasteiger partial charge in [-0.05, 0) is 93.2 Å². The molecule has 0 amide bonds. The molecule has 1 aromatic carbocycles. The van der Waals surface area contributed by atoms with Gasteiger partial charge in [0.25, 0.3) is 0 Å². The Hall–Kier alpha value is -1.85. The third kappa shape index (κ3) is 4.22. The van der Waals surface area contributed by atoms with Crippen molar-refractivity contribution in [1.82, 2.24) is 0 Å². The predicted octanol–water partition coefficient (Wildman–Crippen LogP) is 5.18. The van der Waals surface area contributed by atoms with E-state index in [9.17, 15) is 15.0 Å². The highest BCUT2D eigenvalue weighted by molar-refractivity contribution is 5.96. The topological polar surface area (TPSA) is 76.0 Å². The second-order valence-corrected chi connectivity index (χ2v) is 11.6. The normalized spacial score (nSPS) is 31.8. The first-order chi connectivity index (χ1) is 14.8. The molecule has 176 valence electrons. The minimum atomic E-state index is -0.741. The van der Waals surface area contributed by atoms with Crippen LogP contribution in [0.15, 0.2) is 23.3 Å². The van der Waals surface area contributed by atoms with Crippen LogP contribution in [0.4, 0.5) is 0 Å². The maximum Gasteiger partial charge on any atom is 0.159 e. The Morgan fingerprint density at radius 1 is 1.09 bits per heavy atom. The fourth-order valence-electron chi connectivity index (χ4n) is 5.67. The molecule has 0 saturated heterocycles. The van der Waals surface area contributed by atoms with Gasteiger partial charge in [0.15, 0.2) is 5.78 Å². The van der Waals surface area contributed by atoms with Crippen molar-refractivity contribution < 1.29 is 24.5 Å². The SMILES string of the molecule is Cc1cc(O)cc2c1OC(C)(CC1=C3C[C@@H](O)C(C)(C)OC1C(C)(C)CCCC3=O)CC2. The summed E-state index contributed by atoms with van der Waals surface area (Å²) >= 11 is 0. The average molecular weight is 443 g/mol. The van der Waals surface area contributed by atoms with E-state index in [-0.39, 0.29) is 23.1 Å². The number of aryl methyl sites for hydroxylation is 2. The number of benzene rings is 1. The number of phenols is 1. The number of aliphatic hydroxyl groups is 1. The van der Waals surface area contributed by atoms with Gasteiger partial charge in [-0.1, -0.05) is 13.8 Å². The molecule has 2 unspecified atom stereocenters. The molecule has 0 spiro atoms. The fourth-order valence-corrected chi connectivity index (χ4v) is 5.67. The molecule has 2 N–H and O–H groups in total. The van der Waals surface area contributed by atoms with Gasteiger partial charge in [-0.2, -0.15) is 0 Å². The molecule has 4 rings (SSSR count). The smallest absolute Gasteiger partial charge is 0.159 e. The zero-order valence-electron chi connectivity index (χ0n) is 20.4. The summed E-state index contributed by atoms with van der Waals surface area (Å²) in [6, 6.07) is 3.52. The van der Waals surface area contributed by atoms with Crippen LogP contribution in [-0.4, -0.2) is 39.4 Å². The summed E-state index contributed by atoms with van der Waals surface area (Å²) in [6.45, 7) is 12.3. The van der Waals surface area contributed by atoms with E-state index < -0.39 is 17.3 Å². The molecule has 0 aromatic heterocycles. The monoisotopic (exact) mass is 442 g/mol. The van der Waals surface area contributed by atoms with Gasteiger partial charge >= 0.3 is 0 Å². The van der Waals surface area contributed by atoms with E-state index in [4.69, 9.17) is 9.47 Å². The number of rotatable bonds is 2. The van der Waals surface area contributed by atoms with Gasteiger partial charge in [-0.3, -0.25) is 4.79 Å². The highest BCUT2D eigenvalue weighted by Crippen LogP contribution is 2.48. The number of Topliss-reactive ketones (excluding diaryl/α,β-unsaturated/α-hetero) is 1. The standard InChI is InChI=1S/C27H38O5/c1-16-12-18(28)13-17-9-11-27(6,31-23(16)17)15-20-19-14-22(30)26(4,5)32-24(20)25(2,3)10-7-8-21(19)29/h12-13,22,24,28,30H,7-11,14-15H2,1-6H3/t22-,24?,27?/m1/s1. The van der Waals surface area contributed by atoms with Gasteiger partial charge in [0.05, 0.1) is 17.8 Å². The summed E-state index contributed by atoms with van der Waals surface area (Å²) < 4.78 is 13.2. The van der Waals surface area contributed by atoms with Crippen molar-refractivity contribution in [3.63, 3.8) is 0 Å². The van der Waals surface area contributed by atoms with E-state index in [2.05, 4.69) is 20.8 Å². The molecule has 2 heterocycles. The zero-order chi connectivity index (χ0) is 23.5. The van der Waals surface area contributed by atoms with Crippen LogP contribution >= 0.6 is 0 Å². The number of aromatic hydroxyl groups is 1. The third-order valence-corrected chi connectivity index (χ3v) is 7.77. The van der Waals surface area contributed by atoms with Crippen LogP contribution in [0.2, 0.25) is 0 Å². The zero-order valence-corrected chi connectivity index (χ0v) is 20.4. The molecule has 1 aromatic rings. The maximum atomic E-state index is 13.3. The van der Waals surface area contributed by atoms with E-state index in [0.717, 1.165) is 53.7 Å². The highest BCUT2D eigenvalue weighted by atomic mass is 16.5. The number of ether oxygens (including phenoxy) is 2. The van der Waals surface area contributed by atoms with Crippen molar-refractivity contribution in [3.8, 4) is 11.5 Å². The lowest BCUT2D eigenvalue weighted by Crippen LogP contribution is -2.46. The van der Waals surface area contributed by atoms with Gasteiger partial charge in [-0.25, -0.2) is 0 Å². The Bertz CT molecular complexity index is 957. The van der Waals surface area contributed by atoms with Crippen molar-refractivity contribution in [2.75, 3.05) is 0 Å². The molecule has 3 atom stereocenters. The number of carbonyl (C=O) groups excluding carboxylic acids is 1. The van der Waals surface area contributed by atoms with Crippen LogP contribution in [-0.2, 0) is 16.0 Å². The largest absolute Gasteiger partial charge is 0.508 e. The molecular weight excluding hydrogens is 404 g/mol. The number of carbonyl (C=O) groups is 1. The molecule has 0 fully saturated rings. The summed E-state index contributed by atoms with van der Waals surface area (Å²) in [5.41, 5.74) is 2.30. The fraction of sp³-hybridized carbons (Fsp3) is 0.667. The molecule has 3 aliphatic rings. The number of hydrogen-bond acceptors (Lipinski definition) is 5. The lowest BCUT2D eigenvalue weighted by atomic mass is 9.71. The first-order valence-electron chi connectivity index (χ1n) is 11.9. The predicted molar refractivity (Wildman–Crippen MR) is 124 cm³/mol. The quantitative estimate of drug-likeness (QED) is 0.660. The van der Waals surface area contributed by atoms with Crippen LogP contribution in [0.1, 0.15) is 84.3 Å². The lowest BCUT2D eigenvalue weighted by Gasteiger charge is -2.44. The van der Waals surface area contributed by atoms with Crippen molar-refractivity contribution >= 4 is 5.78 Å². The first-order valence-corrected chi connectivity index (χ1v) is 11.9. The van der Waals surface area contributed by atoms with Crippen LogP contribution in [0.3, 0.4) is 0 Å². The van der Waals surface area contributed by atoms with Crippen LogP contribution in [0, 0.1) is 12.3 Å². The number of fused-ring (bicyclic) bond motifs is 2. The summed E-state index contributed by atoms with van der Waals surface area (Å²) in [5, 5.41) is 20.9. The summed E-state index contributed by atoms with van der Waals surface area (Å²) in [7, 11) is 0. The molecular formula is C27H38O5. The second-order valence-electron chi connectivity index (χ2n) is 11.6. The Labute approximate surface area is 191 Å². The van der Waals surface area contributed by atoms with Gasteiger partial charge < -0.3 is 19.7 Å². The minimum absolute atomic E-state index is 0.141. The van der Waals surface area contributed by atoms with E-state index >= 15 is 0 Å². The van der Waals surface area contributed by atoms with Crippen LogP contribution in [0.5, 0.6) is 11.5 Å². The minimum Gasteiger partial charge on any atom is -0.508 e. The Balaban J connectivity index is 1.77. The molecule has 2 bridgehead atoms. The van der Waals surface area contributed by atoms with Crippen molar-refractivity contribution in [2.24, 2.45) is 5.41 Å². The Morgan fingerprint density at radius 3 is 2.53 bits per heavy atom. The lowest BCUT2D eigenvalue weighted by molar-refractivity contribution is -0.150. The molecule has 2 aliphatic heterocycles. The Kier molecular flexibility index (Phi) is 5.74. The number of hydrogen-bond donors (Lipinski definition) is 2. The number of phenolic OH excluding ortho intramolecular Hbond substituents is 1. The van der Waals surface area contributed by atoms with Crippen molar-refractivity contribution in [1.29, 1.82) is 0 Å². The van der Waals surface area contributed by atoms with Gasteiger partial charge in [-0.15, -0.1) is 0 Å². The van der Waals surface area contributed by atoms with Crippen molar-refractivity contribution in [2.45, 2.75) is 110 Å². The van der Waals surface area contributed by atoms with E-state index in [0.29, 0.717) is 19.3 Å². The van der Waals surface area contributed by atoms with E-state index in [1.54, 1.807) is 12.1 Å². The Morgan fingerprint density at radius 2 is 1.81 bits per heavy atom. The van der Waals surface area contributed by atoms with Crippen LogP contribution in [0.25, 0.3) is 0 Å². The van der Waals surface area contributed by atoms with Gasteiger partial charge in [0, 0.05) is 19.3 Å². The van der Waals surface area contributed by atoms with Crippen molar-refractivity contribution in [3.05, 3.63) is 34.4 Å². The third-order valence-electron chi connectivity index (χ3n) is 7.77. The van der Waals surface area contributed by atoms with E-state index in [1.807, 2.05) is 20.8 Å². The maximum absolute atomic E-state index is 13.3. The highest BCUT2D eigenvalue weighted by Gasteiger charge is 2.48. The van der Waals surface area contributed by atoms with Gasteiger partial charge in [0.1, 0.15) is 17.1 Å². The molecule has 1 aliphatic carbocycles. The molecule has 0 saturated carbocycles.